The van der Waals surface area contributed by atoms with Crippen LogP contribution < -0.4 is 0 Å². The molecule has 0 saturated heterocycles. The summed E-state index contributed by atoms with van der Waals surface area (Å²) in [5.74, 6) is 0.309. The summed E-state index contributed by atoms with van der Waals surface area (Å²) < 4.78 is 0. The lowest BCUT2D eigenvalue weighted by Gasteiger charge is -1.95. The number of aliphatic imine (C=N–C) groups is 1. The molecule has 0 aliphatic rings. The molecule has 0 N–H and O–H groups in total. The van der Waals surface area contributed by atoms with Gasteiger partial charge in [-0.1, -0.05) is 13.8 Å². The van der Waals surface area contributed by atoms with Crippen molar-refractivity contribution in [3.8, 4) is 0 Å². The minimum Gasteiger partial charge on any atom is -0.273 e. The molecule has 0 fully saturated rings. The number of hydrogen-bond donors (Lipinski definition) is 0. The molecule has 1 amide bonds. The number of carbonyl (C=O) groups excluding carboxylic acids is 1. The molecule has 2 heteroatoms. The molecule has 0 aliphatic heterocycles. The van der Waals surface area contributed by atoms with Gasteiger partial charge in [0.2, 0.25) is 5.91 Å². The largest absolute Gasteiger partial charge is 0.273 e. The van der Waals surface area contributed by atoms with Crippen molar-refractivity contribution in [2.45, 2.75) is 27.2 Å². The van der Waals surface area contributed by atoms with E-state index in [0.29, 0.717) is 5.92 Å². The van der Waals surface area contributed by atoms with E-state index in [1.807, 2.05) is 6.92 Å². The fourth-order valence-electron chi connectivity index (χ4n) is 0.338. The van der Waals surface area contributed by atoms with Crippen LogP contribution >= 0.6 is 0 Å². The maximum absolute atomic E-state index is 10.3. The SMILES string of the molecule is CC[C@@H](C)C=NC(C)=O. The van der Waals surface area contributed by atoms with Crippen molar-refractivity contribution in [1.82, 2.24) is 0 Å². The molecule has 0 unspecified atom stereocenters. The normalized spacial score (nSPS) is 14.1. The van der Waals surface area contributed by atoms with Gasteiger partial charge in [-0.15, -0.1) is 0 Å². The third-order valence-electron chi connectivity index (χ3n) is 1.15. The summed E-state index contributed by atoms with van der Waals surface area (Å²) in [6.45, 7) is 5.56. The second-order valence-electron chi connectivity index (χ2n) is 2.18. The highest BCUT2D eigenvalue weighted by Gasteiger charge is 1.91. The lowest BCUT2D eigenvalue weighted by atomic mass is 10.1. The third-order valence-corrected chi connectivity index (χ3v) is 1.15. The van der Waals surface area contributed by atoms with Gasteiger partial charge in [-0.25, -0.2) is 4.99 Å². The summed E-state index contributed by atoms with van der Waals surface area (Å²) in [5.41, 5.74) is 0. The van der Waals surface area contributed by atoms with Gasteiger partial charge in [-0.05, 0) is 12.3 Å². The van der Waals surface area contributed by atoms with Crippen LogP contribution in [0.5, 0.6) is 0 Å². The van der Waals surface area contributed by atoms with E-state index in [-0.39, 0.29) is 5.91 Å². The fraction of sp³-hybridized carbons (Fsp3) is 0.714. The Kier molecular flexibility index (Phi) is 3.93. The minimum atomic E-state index is -0.115. The first-order valence-corrected chi connectivity index (χ1v) is 3.21. The molecular formula is C7H13NO. The molecule has 0 bridgehead atoms. The molecule has 0 aromatic rings. The highest BCUT2D eigenvalue weighted by atomic mass is 16.1. The molecule has 9 heavy (non-hydrogen) atoms. The van der Waals surface area contributed by atoms with Gasteiger partial charge < -0.3 is 0 Å². The first kappa shape index (κ1) is 8.34. The summed E-state index contributed by atoms with van der Waals surface area (Å²) in [6, 6.07) is 0. The Balaban J connectivity index is 3.56. The van der Waals surface area contributed by atoms with Crippen LogP contribution in [-0.4, -0.2) is 12.1 Å². The first-order chi connectivity index (χ1) is 4.16. The highest BCUT2D eigenvalue weighted by molar-refractivity contribution is 5.83. The van der Waals surface area contributed by atoms with Gasteiger partial charge in [0.05, 0.1) is 0 Å². The summed E-state index contributed by atoms with van der Waals surface area (Å²) in [4.78, 5) is 13.9. The van der Waals surface area contributed by atoms with Crippen LogP contribution in [-0.2, 0) is 4.79 Å². The zero-order valence-electron chi connectivity index (χ0n) is 6.22. The van der Waals surface area contributed by atoms with Gasteiger partial charge >= 0.3 is 0 Å². The van der Waals surface area contributed by atoms with Crippen LogP contribution in [0.1, 0.15) is 27.2 Å². The molecule has 0 saturated carbocycles. The van der Waals surface area contributed by atoms with E-state index in [1.54, 1.807) is 6.21 Å². The Labute approximate surface area is 56.0 Å². The number of carbonyl (C=O) groups is 1. The van der Waals surface area contributed by atoms with Gasteiger partial charge in [0.15, 0.2) is 0 Å². The molecule has 0 aromatic carbocycles. The highest BCUT2D eigenvalue weighted by Crippen LogP contribution is 1.94. The van der Waals surface area contributed by atoms with Crippen LogP contribution in [0.15, 0.2) is 4.99 Å². The van der Waals surface area contributed by atoms with E-state index < -0.39 is 0 Å². The number of hydrogen-bond acceptors (Lipinski definition) is 1. The molecule has 0 rings (SSSR count). The summed E-state index contributed by atoms with van der Waals surface area (Å²) in [7, 11) is 0. The first-order valence-electron chi connectivity index (χ1n) is 3.21. The molecule has 0 aromatic heterocycles. The summed E-state index contributed by atoms with van der Waals surface area (Å²) >= 11 is 0. The summed E-state index contributed by atoms with van der Waals surface area (Å²) in [6.07, 6.45) is 2.74. The van der Waals surface area contributed by atoms with Crippen molar-refractivity contribution in [3.63, 3.8) is 0 Å². The topological polar surface area (TPSA) is 29.4 Å². The van der Waals surface area contributed by atoms with Crippen LogP contribution in [0.2, 0.25) is 0 Å². The zero-order valence-corrected chi connectivity index (χ0v) is 6.22. The van der Waals surface area contributed by atoms with Crippen molar-refractivity contribution < 1.29 is 4.79 Å². The van der Waals surface area contributed by atoms with Gasteiger partial charge in [0.1, 0.15) is 0 Å². The van der Waals surface area contributed by atoms with E-state index in [0.717, 1.165) is 6.42 Å². The van der Waals surface area contributed by atoms with E-state index in [1.165, 1.54) is 6.92 Å². The molecule has 52 valence electrons. The van der Waals surface area contributed by atoms with Crippen LogP contribution in [0.25, 0.3) is 0 Å². The van der Waals surface area contributed by atoms with E-state index in [4.69, 9.17) is 0 Å². The molecule has 0 heterocycles. The van der Waals surface area contributed by atoms with Crippen molar-refractivity contribution in [3.05, 3.63) is 0 Å². The van der Waals surface area contributed by atoms with Gasteiger partial charge in [0, 0.05) is 13.1 Å². The maximum atomic E-state index is 10.3. The van der Waals surface area contributed by atoms with E-state index in [9.17, 15) is 4.79 Å². The summed E-state index contributed by atoms with van der Waals surface area (Å²) in [5, 5.41) is 0. The predicted molar refractivity (Wildman–Crippen MR) is 38.6 cm³/mol. The van der Waals surface area contributed by atoms with Crippen molar-refractivity contribution >= 4 is 12.1 Å². The lowest BCUT2D eigenvalue weighted by molar-refractivity contribution is -0.115. The Morgan fingerprint density at radius 2 is 2.33 bits per heavy atom. The Morgan fingerprint density at radius 1 is 1.78 bits per heavy atom. The van der Waals surface area contributed by atoms with Crippen molar-refractivity contribution in [2.75, 3.05) is 0 Å². The van der Waals surface area contributed by atoms with Crippen LogP contribution in [0, 0.1) is 5.92 Å². The maximum Gasteiger partial charge on any atom is 0.242 e. The smallest absolute Gasteiger partial charge is 0.242 e. The average molecular weight is 127 g/mol. The molecule has 1 atom stereocenters. The van der Waals surface area contributed by atoms with Crippen molar-refractivity contribution in [2.24, 2.45) is 10.9 Å². The monoisotopic (exact) mass is 127 g/mol. The van der Waals surface area contributed by atoms with Gasteiger partial charge in [0.25, 0.3) is 0 Å². The Hall–Kier alpha value is -0.660. The van der Waals surface area contributed by atoms with E-state index >= 15 is 0 Å². The minimum absolute atomic E-state index is 0.115. The Bertz CT molecular complexity index is 118. The molecule has 0 aliphatic carbocycles. The van der Waals surface area contributed by atoms with Crippen LogP contribution in [0.4, 0.5) is 0 Å². The zero-order chi connectivity index (χ0) is 7.28. The number of nitrogens with zero attached hydrogens (tertiary/aromatic N) is 1. The second-order valence-corrected chi connectivity index (χ2v) is 2.18. The van der Waals surface area contributed by atoms with E-state index in [2.05, 4.69) is 11.9 Å². The number of rotatable bonds is 2. The van der Waals surface area contributed by atoms with Crippen molar-refractivity contribution in [1.29, 1.82) is 0 Å². The standard InChI is InChI=1S/C7H13NO/c1-4-6(2)5-8-7(3)9/h5-6H,4H2,1-3H3/t6-/m1/s1. The second kappa shape index (κ2) is 4.24. The average Bonchev–Trinajstić information content (AvgIpc) is 1.83. The number of amides is 1. The lowest BCUT2D eigenvalue weighted by Crippen LogP contribution is -1.94. The van der Waals surface area contributed by atoms with Gasteiger partial charge in [-0.3, -0.25) is 4.79 Å². The molecule has 0 radical (unpaired) electrons. The molecule has 0 spiro atoms. The predicted octanol–water partition coefficient (Wildman–Crippen LogP) is 1.65. The Morgan fingerprint density at radius 3 is 2.67 bits per heavy atom. The van der Waals surface area contributed by atoms with Crippen LogP contribution in [0.3, 0.4) is 0 Å². The molecular weight excluding hydrogens is 114 g/mol. The fourth-order valence-corrected chi connectivity index (χ4v) is 0.338. The quantitative estimate of drug-likeness (QED) is 0.518. The third kappa shape index (κ3) is 5.21. The molecule has 2 nitrogen and oxygen atoms in total. The van der Waals surface area contributed by atoms with Gasteiger partial charge in [-0.2, -0.15) is 0 Å².